The van der Waals surface area contributed by atoms with E-state index in [2.05, 4.69) is 3.07 Å². The average molecular weight is 797 g/mol. The van der Waals surface area contributed by atoms with Crippen LogP contribution in [-0.2, 0) is 3.07 Å². The number of unbranched alkanes of at least 4 members (excludes halogenated alkanes) is 5. The molecule has 3 unspecified atom stereocenters. The summed E-state index contributed by atoms with van der Waals surface area (Å²) < 4.78 is 273. The molecule has 0 amide bonds. The van der Waals surface area contributed by atoms with Gasteiger partial charge in [-0.1, -0.05) is 0 Å². The summed E-state index contributed by atoms with van der Waals surface area (Å²) in [7, 11) is 0. The molecule has 0 radical (unpaired) electrons. The Morgan fingerprint density at radius 3 is 0.930 bits per heavy atom. The van der Waals surface area contributed by atoms with E-state index in [9.17, 15) is 79.0 Å². The first-order chi connectivity index (χ1) is 19.1. The van der Waals surface area contributed by atoms with Gasteiger partial charge in [0.2, 0.25) is 0 Å². The third-order valence-electron chi connectivity index (χ3n) is 6.15. The molecule has 0 spiro atoms. The van der Waals surface area contributed by atoms with Gasteiger partial charge < -0.3 is 0 Å². The number of hydrogen-bond acceptors (Lipinski definition) is 1. The fraction of sp³-hybridized carbons (Fsp3) is 1.00. The molecule has 260 valence electrons. The molecule has 0 bridgehead atoms. The van der Waals surface area contributed by atoms with Crippen LogP contribution in [0.1, 0.15) is 45.4 Å². The molecule has 0 aromatic rings. The quantitative estimate of drug-likeness (QED) is 0.0678. The van der Waals surface area contributed by atoms with Crippen molar-refractivity contribution >= 4 is 18.8 Å². The summed E-state index contributed by atoms with van der Waals surface area (Å²) in [6.45, 7) is -0.428. The second-order valence-corrected chi connectivity index (χ2v) is 19.2. The van der Waals surface area contributed by atoms with Gasteiger partial charge in [-0.2, -0.15) is 0 Å². The number of halogens is 21. The molecule has 0 aliphatic carbocycles. The van der Waals surface area contributed by atoms with Crippen LogP contribution in [0.4, 0.5) is 92.2 Å². The van der Waals surface area contributed by atoms with Crippen molar-refractivity contribution in [3.8, 4) is 0 Å². The zero-order chi connectivity index (χ0) is 34.6. The summed E-state index contributed by atoms with van der Waals surface area (Å²) in [5, 5.41) is 0. The monoisotopic (exact) mass is 798 g/mol. The summed E-state index contributed by atoms with van der Waals surface area (Å²) in [5.74, 6) is -44.8. The Morgan fingerprint density at radius 2 is 0.674 bits per heavy atom. The first-order valence-electron chi connectivity index (χ1n) is 11.8. The number of rotatable bonds is 20. The molecule has 0 rings (SSSR count). The molecular weight excluding hydrogens is 774 g/mol. The van der Waals surface area contributed by atoms with E-state index in [1.165, 1.54) is 0 Å². The number of hydrogen-bond donors (Lipinski definition) is 0. The molecule has 0 fully saturated rings. The molecule has 0 aromatic heterocycles. The van der Waals surface area contributed by atoms with E-state index in [4.69, 9.17) is 0 Å². The van der Waals surface area contributed by atoms with Gasteiger partial charge in [0.25, 0.3) is 0 Å². The SMILES string of the molecule is CCCCCCCC[O][Sn]([CH](F)C(F)(F)C(F)(F)C(F)F)([CH](F)C(F)(F)C(F)(F)C(F)F)[CH](F)C(F)(F)C(F)(F)C(F)F. The van der Waals surface area contributed by atoms with Crippen LogP contribution in [0.5, 0.6) is 0 Å². The van der Waals surface area contributed by atoms with Crippen molar-refractivity contribution < 1.29 is 95.3 Å². The zero-order valence-corrected chi connectivity index (χ0v) is 24.1. The van der Waals surface area contributed by atoms with E-state index in [0.29, 0.717) is 12.8 Å². The first-order valence-corrected chi connectivity index (χ1v) is 17.9. The predicted octanol–water partition coefficient (Wildman–Crippen LogP) is 9.55. The molecule has 23 heteroatoms. The second kappa shape index (κ2) is 14.8. The molecule has 0 aromatic carbocycles. The Hall–Kier alpha value is -0.711. The van der Waals surface area contributed by atoms with Crippen LogP contribution in [0, 0.1) is 0 Å². The van der Waals surface area contributed by atoms with Crippen LogP contribution < -0.4 is 0 Å². The van der Waals surface area contributed by atoms with Crippen molar-refractivity contribution in [1.29, 1.82) is 0 Å². The van der Waals surface area contributed by atoms with Gasteiger partial charge >= 0.3 is 233 Å². The average Bonchev–Trinajstić information content (AvgIpc) is 2.88. The maximum absolute atomic E-state index is 15.2. The Labute approximate surface area is 233 Å². The van der Waals surface area contributed by atoms with Crippen molar-refractivity contribution in [3.63, 3.8) is 0 Å². The van der Waals surface area contributed by atoms with E-state index in [1.807, 2.05) is 0 Å². The van der Waals surface area contributed by atoms with Gasteiger partial charge in [0, 0.05) is 0 Å². The summed E-state index contributed by atoms with van der Waals surface area (Å²) in [4.78, 5) is 0. The van der Waals surface area contributed by atoms with E-state index in [0.717, 1.165) is 0 Å². The van der Waals surface area contributed by atoms with Gasteiger partial charge in [-0.3, -0.25) is 0 Å². The van der Waals surface area contributed by atoms with Crippen LogP contribution in [0.25, 0.3) is 0 Å². The fourth-order valence-electron chi connectivity index (χ4n) is 3.53. The molecule has 0 saturated heterocycles. The zero-order valence-electron chi connectivity index (χ0n) is 21.3. The van der Waals surface area contributed by atoms with Crippen molar-refractivity contribution in [2.24, 2.45) is 0 Å². The first kappa shape index (κ1) is 42.3. The third-order valence-corrected chi connectivity index (χ3v) is 18.0. The van der Waals surface area contributed by atoms with Gasteiger partial charge in [-0.05, 0) is 0 Å². The normalized spacial score (nSPS) is 18.3. The van der Waals surface area contributed by atoms with Crippen LogP contribution in [0.2, 0.25) is 0 Å². The minimum absolute atomic E-state index is 0.0320. The van der Waals surface area contributed by atoms with Crippen LogP contribution in [-0.4, -0.2) is 92.8 Å². The van der Waals surface area contributed by atoms with E-state index >= 15 is 13.2 Å². The summed E-state index contributed by atoms with van der Waals surface area (Å²) in [5.41, 5.74) is 0. The second-order valence-electron chi connectivity index (χ2n) is 9.20. The molecular formula is C20H23F21OSn. The molecule has 0 aliphatic heterocycles. The maximum atomic E-state index is 15.2. The van der Waals surface area contributed by atoms with Crippen LogP contribution in [0.3, 0.4) is 0 Å². The summed E-state index contributed by atoms with van der Waals surface area (Å²) >= 11 is -10.4. The molecule has 43 heavy (non-hydrogen) atoms. The molecule has 0 saturated carbocycles. The van der Waals surface area contributed by atoms with Crippen molar-refractivity contribution in [2.45, 2.75) is 113 Å². The molecule has 1 nitrogen and oxygen atoms in total. The van der Waals surface area contributed by atoms with Gasteiger partial charge in [0.05, 0.1) is 0 Å². The van der Waals surface area contributed by atoms with Gasteiger partial charge in [-0.25, -0.2) is 0 Å². The Balaban J connectivity index is 7.68. The van der Waals surface area contributed by atoms with E-state index in [-0.39, 0.29) is 12.8 Å². The minimum atomic E-state index is -10.4. The Morgan fingerprint density at radius 1 is 0.419 bits per heavy atom. The molecule has 0 N–H and O–H groups in total. The van der Waals surface area contributed by atoms with Gasteiger partial charge in [0.1, 0.15) is 0 Å². The fourth-order valence-corrected chi connectivity index (χ4v) is 14.9. The Kier molecular flexibility index (Phi) is 14.6. The molecule has 0 heterocycles. The predicted molar refractivity (Wildman–Crippen MR) is 107 cm³/mol. The van der Waals surface area contributed by atoms with E-state index < -0.39 is 106 Å². The topological polar surface area (TPSA) is 9.23 Å². The third kappa shape index (κ3) is 7.82. The van der Waals surface area contributed by atoms with Crippen LogP contribution in [0.15, 0.2) is 0 Å². The number of alkyl halides is 21. The molecule has 3 atom stereocenters. The summed E-state index contributed by atoms with van der Waals surface area (Å²) in [6, 6.07) is 0. The summed E-state index contributed by atoms with van der Waals surface area (Å²) in [6.07, 6.45) is -17.9. The van der Waals surface area contributed by atoms with Crippen molar-refractivity contribution in [1.82, 2.24) is 0 Å². The van der Waals surface area contributed by atoms with Crippen molar-refractivity contribution in [3.05, 3.63) is 0 Å². The Bertz CT molecular complexity index is 757. The molecule has 0 aliphatic rings. The van der Waals surface area contributed by atoms with Gasteiger partial charge in [0.15, 0.2) is 0 Å². The standard InChI is InChI=1S/C8H17O.3C4H2F7.Sn/c1-2-3-4-5-6-7-8-9;3*5-1-3(8,9)4(10,11)2(6)7;/h2-8H2,1H3;3*1-2H;/q-1;;;;+1. The van der Waals surface area contributed by atoms with Crippen molar-refractivity contribution in [2.75, 3.05) is 6.61 Å². The van der Waals surface area contributed by atoms with Gasteiger partial charge in [-0.15, -0.1) is 0 Å². The van der Waals surface area contributed by atoms with E-state index in [1.54, 1.807) is 6.92 Å². The van der Waals surface area contributed by atoms with Crippen LogP contribution >= 0.6 is 0 Å².